The summed E-state index contributed by atoms with van der Waals surface area (Å²) in [6, 6.07) is 8.91. The topological polar surface area (TPSA) is 63.4 Å². The summed E-state index contributed by atoms with van der Waals surface area (Å²) in [6.45, 7) is 11.6. The van der Waals surface area contributed by atoms with Gasteiger partial charge in [-0.15, -0.1) is 0 Å². The SMILES string of the molecule is CC(C)c1ccc(-c2noc(CNC3CCN(CC4CCCO4)CC3C)n2)cc1. The molecule has 1 aromatic heterocycles. The molecule has 2 fully saturated rings. The first-order valence-corrected chi connectivity index (χ1v) is 11.1. The van der Waals surface area contributed by atoms with Crippen LogP contribution in [-0.2, 0) is 11.3 Å². The van der Waals surface area contributed by atoms with Crippen molar-refractivity contribution in [2.24, 2.45) is 5.92 Å². The number of nitrogens with one attached hydrogen (secondary N) is 1. The van der Waals surface area contributed by atoms with Gasteiger partial charge in [0.05, 0.1) is 12.6 Å². The second kappa shape index (κ2) is 9.37. The number of hydrogen-bond donors (Lipinski definition) is 1. The Morgan fingerprint density at radius 1 is 1.21 bits per heavy atom. The summed E-state index contributed by atoms with van der Waals surface area (Å²) in [5.74, 6) is 2.43. The third kappa shape index (κ3) is 5.24. The van der Waals surface area contributed by atoms with Crippen LogP contribution >= 0.6 is 0 Å². The Balaban J connectivity index is 1.26. The predicted molar refractivity (Wildman–Crippen MR) is 114 cm³/mol. The minimum atomic E-state index is 0.443. The van der Waals surface area contributed by atoms with Gasteiger partial charge < -0.3 is 19.5 Å². The first-order chi connectivity index (χ1) is 14.1. The summed E-state index contributed by atoms with van der Waals surface area (Å²) in [5.41, 5.74) is 2.32. The molecule has 0 saturated carbocycles. The van der Waals surface area contributed by atoms with Gasteiger partial charge in [0, 0.05) is 31.3 Å². The van der Waals surface area contributed by atoms with Gasteiger partial charge in [-0.1, -0.05) is 50.2 Å². The van der Waals surface area contributed by atoms with Gasteiger partial charge in [-0.05, 0) is 43.2 Å². The molecule has 0 spiro atoms. The van der Waals surface area contributed by atoms with Crippen molar-refractivity contribution in [2.75, 3.05) is 26.2 Å². The van der Waals surface area contributed by atoms with Crippen LogP contribution in [-0.4, -0.2) is 53.4 Å². The number of likely N-dealkylation sites (tertiary alicyclic amines) is 1. The predicted octanol–water partition coefficient (Wildman–Crippen LogP) is 3.84. The normalized spacial score (nSPS) is 25.7. The highest BCUT2D eigenvalue weighted by atomic mass is 16.5. The third-order valence-corrected chi connectivity index (χ3v) is 6.29. The van der Waals surface area contributed by atoms with Crippen LogP contribution in [0.5, 0.6) is 0 Å². The van der Waals surface area contributed by atoms with Crippen LogP contribution in [0.1, 0.15) is 57.4 Å². The molecule has 1 aromatic carbocycles. The molecule has 158 valence electrons. The first-order valence-electron chi connectivity index (χ1n) is 11.1. The molecule has 2 saturated heterocycles. The zero-order chi connectivity index (χ0) is 20.2. The lowest BCUT2D eigenvalue weighted by atomic mass is 9.93. The van der Waals surface area contributed by atoms with Crippen molar-refractivity contribution in [3.8, 4) is 11.4 Å². The second-order valence-corrected chi connectivity index (χ2v) is 8.94. The van der Waals surface area contributed by atoms with E-state index < -0.39 is 0 Å². The number of piperidine rings is 1. The Bertz CT molecular complexity index is 767. The molecule has 3 unspecified atom stereocenters. The van der Waals surface area contributed by atoms with Gasteiger partial charge in [0.15, 0.2) is 0 Å². The van der Waals surface area contributed by atoms with E-state index in [9.17, 15) is 0 Å². The Labute approximate surface area is 174 Å². The third-order valence-electron chi connectivity index (χ3n) is 6.29. The van der Waals surface area contributed by atoms with Crippen molar-refractivity contribution in [3.63, 3.8) is 0 Å². The van der Waals surface area contributed by atoms with Gasteiger partial charge in [0.2, 0.25) is 11.7 Å². The zero-order valence-corrected chi connectivity index (χ0v) is 17.9. The fraction of sp³-hybridized carbons (Fsp3) is 0.652. The lowest BCUT2D eigenvalue weighted by Gasteiger charge is -2.38. The smallest absolute Gasteiger partial charge is 0.240 e. The highest BCUT2D eigenvalue weighted by Crippen LogP contribution is 2.22. The molecule has 3 heterocycles. The first kappa shape index (κ1) is 20.5. The summed E-state index contributed by atoms with van der Waals surface area (Å²) < 4.78 is 11.3. The van der Waals surface area contributed by atoms with Crippen molar-refractivity contribution in [3.05, 3.63) is 35.7 Å². The lowest BCUT2D eigenvalue weighted by Crippen LogP contribution is -2.49. The minimum absolute atomic E-state index is 0.443. The lowest BCUT2D eigenvalue weighted by molar-refractivity contribution is 0.0509. The number of aromatic nitrogens is 2. The molecule has 2 aromatic rings. The number of rotatable bonds is 7. The molecule has 0 radical (unpaired) electrons. The summed E-state index contributed by atoms with van der Waals surface area (Å²) in [5, 5.41) is 7.80. The molecule has 3 atom stereocenters. The summed E-state index contributed by atoms with van der Waals surface area (Å²) in [7, 11) is 0. The Morgan fingerprint density at radius 3 is 2.72 bits per heavy atom. The van der Waals surface area contributed by atoms with Crippen LogP contribution in [0.15, 0.2) is 28.8 Å². The summed E-state index contributed by atoms with van der Waals surface area (Å²) in [4.78, 5) is 7.14. The molecule has 6 nitrogen and oxygen atoms in total. The standard InChI is InChI=1S/C23H34N4O2/c1-16(2)18-6-8-19(9-7-18)23-25-22(29-26-23)13-24-21-10-11-27(14-17(21)3)15-20-5-4-12-28-20/h6-9,16-17,20-21,24H,4-5,10-15H2,1-3H3. The van der Waals surface area contributed by atoms with Gasteiger partial charge in [-0.2, -0.15) is 4.98 Å². The van der Waals surface area contributed by atoms with Gasteiger partial charge in [-0.25, -0.2) is 0 Å². The maximum atomic E-state index is 5.80. The van der Waals surface area contributed by atoms with Crippen molar-refractivity contribution < 1.29 is 9.26 Å². The van der Waals surface area contributed by atoms with Gasteiger partial charge in [0.1, 0.15) is 0 Å². The molecule has 4 rings (SSSR count). The van der Waals surface area contributed by atoms with E-state index >= 15 is 0 Å². The highest BCUT2D eigenvalue weighted by Gasteiger charge is 2.28. The summed E-state index contributed by atoms with van der Waals surface area (Å²) in [6.07, 6.45) is 4.02. The van der Waals surface area contributed by atoms with Crippen molar-refractivity contribution in [1.29, 1.82) is 0 Å². The van der Waals surface area contributed by atoms with Crippen LogP contribution in [0.4, 0.5) is 0 Å². The molecule has 2 aliphatic rings. The molecular formula is C23H34N4O2. The average Bonchev–Trinajstić information content (AvgIpc) is 3.39. The molecular weight excluding hydrogens is 364 g/mol. The van der Waals surface area contributed by atoms with E-state index in [4.69, 9.17) is 9.26 Å². The van der Waals surface area contributed by atoms with E-state index in [-0.39, 0.29) is 0 Å². The largest absolute Gasteiger partial charge is 0.377 e. The number of hydrogen-bond acceptors (Lipinski definition) is 6. The van der Waals surface area contributed by atoms with E-state index in [1.165, 1.54) is 18.4 Å². The van der Waals surface area contributed by atoms with Gasteiger partial charge in [-0.3, -0.25) is 0 Å². The Morgan fingerprint density at radius 2 is 2.03 bits per heavy atom. The quantitative estimate of drug-likeness (QED) is 0.765. The molecule has 0 aliphatic carbocycles. The molecule has 1 N–H and O–H groups in total. The number of benzene rings is 1. The Hall–Kier alpha value is -1.76. The Kier molecular flexibility index (Phi) is 6.63. The van der Waals surface area contributed by atoms with E-state index in [0.29, 0.717) is 42.2 Å². The molecule has 6 heteroatoms. The van der Waals surface area contributed by atoms with Crippen LogP contribution in [0, 0.1) is 5.92 Å². The number of nitrogens with zero attached hydrogens (tertiary/aromatic N) is 3. The van der Waals surface area contributed by atoms with Crippen LogP contribution in [0.25, 0.3) is 11.4 Å². The maximum absolute atomic E-state index is 5.80. The highest BCUT2D eigenvalue weighted by molar-refractivity contribution is 5.54. The minimum Gasteiger partial charge on any atom is -0.377 e. The number of ether oxygens (including phenoxy) is 1. The molecule has 0 bridgehead atoms. The molecule has 0 amide bonds. The van der Waals surface area contributed by atoms with E-state index in [1.54, 1.807) is 0 Å². The fourth-order valence-electron chi connectivity index (χ4n) is 4.46. The van der Waals surface area contributed by atoms with E-state index in [1.807, 2.05) is 0 Å². The second-order valence-electron chi connectivity index (χ2n) is 8.94. The summed E-state index contributed by atoms with van der Waals surface area (Å²) >= 11 is 0. The van der Waals surface area contributed by atoms with Gasteiger partial charge >= 0.3 is 0 Å². The van der Waals surface area contributed by atoms with Crippen molar-refractivity contribution in [1.82, 2.24) is 20.4 Å². The van der Waals surface area contributed by atoms with E-state index in [2.05, 4.69) is 65.4 Å². The van der Waals surface area contributed by atoms with Crippen molar-refractivity contribution in [2.45, 2.75) is 64.6 Å². The van der Waals surface area contributed by atoms with Crippen LogP contribution < -0.4 is 5.32 Å². The fourth-order valence-corrected chi connectivity index (χ4v) is 4.46. The van der Waals surface area contributed by atoms with Crippen LogP contribution in [0.2, 0.25) is 0 Å². The van der Waals surface area contributed by atoms with Gasteiger partial charge in [0.25, 0.3) is 0 Å². The maximum Gasteiger partial charge on any atom is 0.240 e. The monoisotopic (exact) mass is 398 g/mol. The van der Waals surface area contributed by atoms with E-state index in [0.717, 1.165) is 38.2 Å². The van der Waals surface area contributed by atoms with Crippen LogP contribution in [0.3, 0.4) is 0 Å². The average molecular weight is 399 g/mol. The molecule has 2 aliphatic heterocycles. The molecule has 29 heavy (non-hydrogen) atoms. The van der Waals surface area contributed by atoms with Crippen molar-refractivity contribution >= 4 is 0 Å². The zero-order valence-electron chi connectivity index (χ0n) is 17.9.